The first-order valence-corrected chi connectivity index (χ1v) is 7.58. The lowest BCUT2D eigenvalue weighted by Crippen LogP contribution is -2.12. The van der Waals surface area contributed by atoms with Gasteiger partial charge in [-0.05, 0) is 42.7 Å². The van der Waals surface area contributed by atoms with E-state index in [0.717, 1.165) is 5.52 Å². The van der Waals surface area contributed by atoms with Crippen molar-refractivity contribution in [2.24, 2.45) is 7.05 Å². The molecule has 118 valence electrons. The van der Waals surface area contributed by atoms with E-state index in [1.807, 2.05) is 37.3 Å². The van der Waals surface area contributed by atoms with E-state index >= 15 is 0 Å². The molecule has 0 atom stereocenters. The summed E-state index contributed by atoms with van der Waals surface area (Å²) in [4.78, 5) is 26.5. The molecule has 2 aromatic carbocycles. The Hall–Kier alpha value is -2.82. The minimum atomic E-state index is -0.164. The van der Waals surface area contributed by atoms with Gasteiger partial charge in [-0.3, -0.25) is 9.36 Å². The number of nitrogens with zero attached hydrogens (tertiary/aromatic N) is 1. The number of H-pyrrole nitrogens is 1. The first kappa shape index (κ1) is 15.1. The maximum absolute atomic E-state index is 12.1. The summed E-state index contributed by atoms with van der Waals surface area (Å²) in [6.07, 6.45) is 1.14. The number of rotatable bonds is 4. The zero-order valence-corrected chi connectivity index (χ0v) is 13.2. The fourth-order valence-electron chi connectivity index (χ4n) is 2.68. The largest absolute Gasteiger partial charge is 0.326 e. The minimum Gasteiger partial charge on any atom is -0.326 e. The van der Waals surface area contributed by atoms with Gasteiger partial charge in [-0.1, -0.05) is 24.3 Å². The van der Waals surface area contributed by atoms with Crippen LogP contribution in [-0.4, -0.2) is 15.5 Å². The van der Waals surface area contributed by atoms with Gasteiger partial charge in [0.05, 0.1) is 11.0 Å². The number of fused-ring (bicyclic) bond motifs is 1. The number of carbonyl (C=O) groups is 1. The number of aryl methyl sites for hydroxylation is 3. The zero-order chi connectivity index (χ0) is 16.4. The highest BCUT2D eigenvalue weighted by atomic mass is 16.2. The second-order valence-electron chi connectivity index (χ2n) is 5.70. The van der Waals surface area contributed by atoms with E-state index in [1.54, 1.807) is 23.7 Å². The molecule has 0 aliphatic heterocycles. The van der Waals surface area contributed by atoms with Crippen molar-refractivity contribution >= 4 is 22.6 Å². The quantitative estimate of drug-likeness (QED) is 0.778. The third kappa shape index (κ3) is 3.18. The van der Waals surface area contributed by atoms with Crippen LogP contribution in [0.25, 0.3) is 11.0 Å². The predicted octanol–water partition coefficient (Wildman–Crippen LogP) is 2.75. The van der Waals surface area contributed by atoms with Crippen molar-refractivity contribution in [2.75, 3.05) is 5.32 Å². The molecule has 23 heavy (non-hydrogen) atoms. The predicted molar refractivity (Wildman–Crippen MR) is 91.7 cm³/mol. The van der Waals surface area contributed by atoms with Gasteiger partial charge in [-0.2, -0.15) is 0 Å². The van der Waals surface area contributed by atoms with Gasteiger partial charge in [0.15, 0.2) is 0 Å². The van der Waals surface area contributed by atoms with Gasteiger partial charge < -0.3 is 10.3 Å². The molecular formula is C18H19N3O2. The van der Waals surface area contributed by atoms with Crippen LogP contribution in [0.1, 0.15) is 17.5 Å². The van der Waals surface area contributed by atoms with E-state index in [0.29, 0.717) is 24.0 Å². The summed E-state index contributed by atoms with van der Waals surface area (Å²) < 4.78 is 1.54. The van der Waals surface area contributed by atoms with Crippen molar-refractivity contribution in [1.29, 1.82) is 0 Å². The number of hydrogen-bond donors (Lipinski definition) is 2. The van der Waals surface area contributed by atoms with E-state index in [-0.39, 0.29) is 11.6 Å². The molecule has 1 aromatic heterocycles. The van der Waals surface area contributed by atoms with Crippen LogP contribution in [0.4, 0.5) is 5.69 Å². The lowest BCUT2D eigenvalue weighted by atomic mass is 10.0. The number of imidazole rings is 1. The van der Waals surface area contributed by atoms with Gasteiger partial charge in [0, 0.05) is 19.2 Å². The van der Waals surface area contributed by atoms with E-state index in [4.69, 9.17) is 0 Å². The third-order valence-electron chi connectivity index (χ3n) is 4.07. The number of nitrogens with one attached hydrogen (secondary N) is 2. The van der Waals surface area contributed by atoms with Crippen molar-refractivity contribution < 1.29 is 4.79 Å². The number of hydrogen-bond acceptors (Lipinski definition) is 2. The molecule has 0 unspecified atom stereocenters. The van der Waals surface area contributed by atoms with Crippen LogP contribution >= 0.6 is 0 Å². The van der Waals surface area contributed by atoms with Crippen molar-refractivity contribution in [3.8, 4) is 0 Å². The monoisotopic (exact) mass is 309 g/mol. The molecule has 1 amide bonds. The molecule has 5 nitrogen and oxygen atoms in total. The van der Waals surface area contributed by atoms with E-state index in [2.05, 4.69) is 10.3 Å². The number of benzene rings is 2. The molecule has 0 bridgehead atoms. The van der Waals surface area contributed by atoms with Gasteiger partial charge in [-0.15, -0.1) is 0 Å². The first-order chi connectivity index (χ1) is 11.0. The standard InChI is InChI=1S/C18H19N3O2/c1-12-5-3-4-6-13(12)7-10-17(22)19-14-8-9-16-15(11-14)20-18(23)21(16)2/h3-6,8-9,11H,7,10H2,1-2H3,(H,19,22)(H,20,23). The molecule has 0 saturated carbocycles. The maximum Gasteiger partial charge on any atom is 0.326 e. The van der Waals surface area contributed by atoms with Crippen LogP contribution in [0.15, 0.2) is 47.3 Å². The SMILES string of the molecule is Cc1ccccc1CCC(=O)Nc1ccc2c(c1)[nH]c(=O)n2C. The molecule has 5 heteroatoms. The topological polar surface area (TPSA) is 66.9 Å². The molecule has 3 rings (SSSR count). The Morgan fingerprint density at radius 3 is 2.78 bits per heavy atom. The van der Waals surface area contributed by atoms with E-state index in [9.17, 15) is 9.59 Å². The van der Waals surface area contributed by atoms with Crippen LogP contribution in [0.3, 0.4) is 0 Å². The van der Waals surface area contributed by atoms with Crippen molar-refractivity contribution in [3.05, 3.63) is 64.1 Å². The Morgan fingerprint density at radius 2 is 2.00 bits per heavy atom. The molecule has 2 N–H and O–H groups in total. The highest BCUT2D eigenvalue weighted by Crippen LogP contribution is 2.16. The van der Waals surface area contributed by atoms with Crippen molar-refractivity contribution in [1.82, 2.24) is 9.55 Å². The molecule has 0 aliphatic carbocycles. The lowest BCUT2D eigenvalue weighted by molar-refractivity contribution is -0.116. The summed E-state index contributed by atoms with van der Waals surface area (Å²) in [6.45, 7) is 2.05. The average Bonchev–Trinajstić information content (AvgIpc) is 2.81. The molecule has 0 fully saturated rings. The highest BCUT2D eigenvalue weighted by Gasteiger charge is 2.07. The minimum absolute atomic E-state index is 0.0362. The summed E-state index contributed by atoms with van der Waals surface area (Å²) in [5.74, 6) is -0.0362. The van der Waals surface area contributed by atoms with Crippen LogP contribution in [0, 0.1) is 6.92 Å². The number of amides is 1. The smallest absolute Gasteiger partial charge is 0.326 e. The van der Waals surface area contributed by atoms with E-state index in [1.165, 1.54) is 11.1 Å². The Bertz CT molecular complexity index is 921. The normalized spacial score (nSPS) is 10.9. The Balaban J connectivity index is 1.68. The lowest BCUT2D eigenvalue weighted by Gasteiger charge is -2.07. The van der Waals surface area contributed by atoms with Gasteiger partial charge in [-0.25, -0.2) is 4.79 Å². The number of aromatic amines is 1. The number of aromatic nitrogens is 2. The van der Waals surface area contributed by atoms with Crippen molar-refractivity contribution in [2.45, 2.75) is 19.8 Å². The van der Waals surface area contributed by atoms with Crippen LogP contribution in [0.5, 0.6) is 0 Å². The Kier molecular flexibility index (Phi) is 4.02. The summed E-state index contributed by atoms with van der Waals surface area (Å²) in [7, 11) is 1.71. The fourth-order valence-corrected chi connectivity index (χ4v) is 2.68. The molecule has 0 radical (unpaired) electrons. The van der Waals surface area contributed by atoms with Crippen LogP contribution in [0.2, 0.25) is 0 Å². The zero-order valence-electron chi connectivity index (χ0n) is 13.2. The summed E-state index contributed by atoms with van der Waals surface area (Å²) in [5.41, 5.74) is 4.44. The molecule has 0 saturated heterocycles. The highest BCUT2D eigenvalue weighted by molar-refractivity contribution is 5.93. The van der Waals surface area contributed by atoms with Gasteiger partial charge in [0.2, 0.25) is 5.91 Å². The second kappa shape index (κ2) is 6.12. The van der Waals surface area contributed by atoms with Crippen LogP contribution in [-0.2, 0) is 18.3 Å². The molecular weight excluding hydrogens is 290 g/mol. The van der Waals surface area contributed by atoms with Gasteiger partial charge >= 0.3 is 5.69 Å². The first-order valence-electron chi connectivity index (χ1n) is 7.58. The van der Waals surface area contributed by atoms with Gasteiger partial charge in [0.1, 0.15) is 0 Å². The molecule has 0 aliphatic rings. The number of anilines is 1. The summed E-state index contributed by atoms with van der Waals surface area (Å²) in [6, 6.07) is 13.5. The molecule has 0 spiro atoms. The second-order valence-corrected chi connectivity index (χ2v) is 5.70. The van der Waals surface area contributed by atoms with E-state index < -0.39 is 0 Å². The van der Waals surface area contributed by atoms with Crippen molar-refractivity contribution in [3.63, 3.8) is 0 Å². The maximum atomic E-state index is 12.1. The average molecular weight is 309 g/mol. The molecule has 3 aromatic rings. The fraction of sp³-hybridized carbons (Fsp3) is 0.222. The molecule has 1 heterocycles. The summed E-state index contributed by atoms with van der Waals surface area (Å²) >= 11 is 0. The van der Waals surface area contributed by atoms with Crippen LogP contribution < -0.4 is 11.0 Å². The number of carbonyl (C=O) groups excluding carboxylic acids is 1. The Morgan fingerprint density at radius 1 is 1.22 bits per heavy atom. The van der Waals surface area contributed by atoms with Gasteiger partial charge in [0.25, 0.3) is 0 Å². The third-order valence-corrected chi connectivity index (χ3v) is 4.07. The Labute approximate surface area is 134 Å². The summed E-state index contributed by atoms with van der Waals surface area (Å²) in [5, 5.41) is 2.88.